The Balaban J connectivity index is 3.61. The fourth-order valence-corrected chi connectivity index (χ4v) is 1.71. The summed E-state index contributed by atoms with van der Waals surface area (Å²) < 4.78 is 10.8. The van der Waals surface area contributed by atoms with Crippen LogP contribution in [0.5, 0.6) is 0 Å². The third kappa shape index (κ3) is 12.1. The fourth-order valence-electron chi connectivity index (χ4n) is 1.71. The lowest BCUT2D eigenvalue weighted by Gasteiger charge is -2.19. The maximum absolute atomic E-state index is 11.0. The van der Waals surface area contributed by atoms with Crippen molar-refractivity contribution in [2.75, 3.05) is 6.61 Å². The zero-order valence-corrected chi connectivity index (χ0v) is 11.7. The molecule has 0 aliphatic heterocycles. The van der Waals surface area contributed by atoms with Crippen LogP contribution >= 0.6 is 0 Å². The monoisotopic (exact) mass is 245 g/mol. The van der Waals surface area contributed by atoms with Crippen LogP contribution in [-0.2, 0) is 14.6 Å². The molecule has 0 aliphatic carbocycles. The largest absolute Gasteiger partial charge is 0.353 e. The van der Waals surface area contributed by atoms with Gasteiger partial charge in [0, 0.05) is 6.61 Å². The van der Waals surface area contributed by atoms with Gasteiger partial charge in [0.1, 0.15) is 0 Å². The van der Waals surface area contributed by atoms with E-state index in [9.17, 15) is 5.11 Å². The van der Waals surface area contributed by atoms with Crippen LogP contribution in [0.4, 0.5) is 0 Å². The molecule has 0 aliphatic rings. The third-order valence-electron chi connectivity index (χ3n) is 2.69. The molecule has 0 fully saturated rings. The topological polar surface area (TPSA) is 38.4 Å². The summed E-state index contributed by atoms with van der Waals surface area (Å²) in [6.07, 6.45) is 7.73. The van der Waals surface area contributed by atoms with E-state index in [0.29, 0.717) is 6.61 Å². The van der Waals surface area contributed by atoms with Gasteiger partial charge < -0.3 is 9.47 Å². The second kappa shape index (κ2) is 12.3. The van der Waals surface area contributed by atoms with Crippen LogP contribution in [0.1, 0.15) is 72.1 Å². The Morgan fingerprint density at radius 1 is 0.941 bits per heavy atom. The number of ether oxygens (including phenoxy) is 2. The lowest BCUT2D eigenvalue weighted by Crippen LogP contribution is -2.22. The van der Waals surface area contributed by atoms with Crippen LogP contribution in [0, 0.1) is 0 Å². The van der Waals surface area contributed by atoms with Crippen LogP contribution in [0.3, 0.4) is 0 Å². The highest BCUT2D eigenvalue weighted by Crippen LogP contribution is 2.11. The highest BCUT2D eigenvalue weighted by Gasteiger charge is 2.12. The molecule has 0 N–H and O–H groups in total. The van der Waals surface area contributed by atoms with Crippen LogP contribution in [0.25, 0.3) is 0 Å². The molecule has 0 amide bonds. The lowest BCUT2D eigenvalue weighted by atomic mass is 10.2. The summed E-state index contributed by atoms with van der Waals surface area (Å²) in [6, 6.07) is 0. The van der Waals surface area contributed by atoms with E-state index in [0.717, 1.165) is 19.3 Å². The highest BCUT2D eigenvalue weighted by atomic mass is 16.7. The molecule has 2 atom stereocenters. The first-order valence-electron chi connectivity index (χ1n) is 7.13. The van der Waals surface area contributed by atoms with Crippen molar-refractivity contribution in [2.45, 2.75) is 84.7 Å². The summed E-state index contributed by atoms with van der Waals surface area (Å²) in [4.78, 5) is 0. The van der Waals surface area contributed by atoms with Gasteiger partial charge in [0.05, 0.1) is 0 Å². The minimum Gasteiger partial charge on any atom is -0.353 e. The van der Waals surface area contributed by atoms with Crippen LogP contribution < -0.4 is 0 Å². The van der Waals surface area contributed by atoms with Gasteiger partial charge in [0.15, 0.2) is 12.6 Å². The maximum Gasteiger partial charge on any atom is 0.191 e. The van der Waals surface area contributed by atoms with Gasteiger partial charge in [-0.05, 0) is 26.2 Å². The molecular weight excluding hydrogens is 216 g/mol. The van der Waals surface area contributed by atoms with E-state index < -0.39 is 6.29 Å². The van der Waals surface area contributed by atoms with Crippen molar-refractivity contribution in [3.8, 4) is 0 Å². The summed E-state index contributed by atoms with van der Waals surface area (Å²) in [5, 5.41) is 11.0. The van der Waals surface area contributed by atoms with Gasteiger partial charge in [-0.25, -0.2) is 5.11 Å². The number of rotatable bonds is 12. The van der Waals surface area contributed by atoms with E-state index in [2.05, 4.69) is 13.8 Å². The van der Waals surface area contributed by atoms with Gasteiger partial charge in [-0.1, -0.05) is 46.0 Å². The molecule has 103 valence electrons. The number of hydrogen-bond donors (Lipinski definition) is 0. The quantitative estimate of drug-likeness (QED) is 0.380. The molecule has 3 heteroatoms. The van der Waals surface area contributed by atoms with E-state index >= 15 is 0 Å². The SMILES string of the molecule is CCCCCCOC(CCCCC)OC(C)[O]. The summed E-state index contributed by atoms with van der Waals surface area (Å²) in [5.41, 5.74) is 0. The summed E-state index contributed by atoms with van der Waals surface area (Å²) in [5.74, 6) is 0. The standard InChI is InChI=1S/C14H29O3/c1-4-6-8-10-12-16-14(17-13(3)15)11-9-7-5-2/h13-14H,4-12H2,1-3H3. The van der Waals surface area contributed by atoms with Crippen molar-refractivity contribution < 1.29 is 14.6 Å². The van der Waals surface area contributed by atoms with Crippen molar-refractivity contribution in [3.05, 3.63) is 0 Å². The molecule has 0 aromatic heterocycles. The molecule has 1 radical (unpaired) electrons. The van der Waals surface area contributed by atoms with Gasteiger partial charge in [0.2, 0.25) is 0 Å². The van der Waals surface area contributed by atoms with Gasteiger partial charge in [-0.15, -0.1) is 0 Å². The minimum absolute atomic E-state index is 0.296. The van der Waals surface area contributed by atoms with E-state index in [-0.39, 0.29) is 6.29 Å². The molecule has 0 aromatic carbocycles. The van der Waals surface area contributed by atoms with Crippen molar-refractivity contribution >= 4 is 0 Å². The zero-order chi connectivity index (χ0) is 12.9. The predicted molar refractivity (Wildman–Crippen MR) is 69.3 cm³/mol. The molecule has 17 heavy (non-hydrogen) atoms. The first-order valence-corrected chi connectivity index (χ1v) is 7.13. The summed E-state index contributed by atoms with van der Waals surface area (Å²) in [7, 11) is 0. The highest BCUT2D eigenvalue weighted by molar-refractivity contribution is 4.49. The maximum atomic E-state index is 11.0. The Bertz CT molecular complexity index is 148. The summed E-state index contributed by atoms with van der Waals surface area (Å²) in [6.45, 7) is 6.59. The molecule has 0 saturated carbocycles. The van der Waals surface area contributed by atoms with Crippen molar-refractivity contribution in [1.29, 1.82) is 0 Å². The second-order valence-electron chi connectivity index (χ2n) is 4.56. The Morgan fingerprint density at radius 2 is 1.59 bits per heavy atom. The van der Waals surface area contributed by atoms with Crippen molar-refractivity contribution in [2.24, 2.45) is 0 Å². The van der Waals surface area contributed by atoms with Gasteiger partial charge in [-0.2, -0.15) is 0 Å². The van der Waals surface area contributed by atoms with E-state index in [4.69, 9.17) is 9.47 Å². The first-order chi connectivity index (χ1) is 8.20. The van der Waals surface area contributed by atoms with Gasteiger partial charge in [0.25, 0.3) is 0 Å². The third-order valence-corrected chi connectivity index (χ3v) is 2.69. The molecule has 0 aromatic rings. The van der Waals surface area contributed by atoms with Crippen LogP contribution in [-0.4, -0.2) is 19.2 Å². The van der Waals surface area contributed by atoms with Gasteiger partial charge >= 0.3 is 0 Å². The molecule has 0 spiro atoms. The Labute approximate surface area is 107 Å². The van der Waals surface area contributed by atoms with E-state index in [1.54, 1.807) is 0 Å². The fraction of sp³-hybridized carbons (Fsp3) is 1.00. The molecule has 0 heterocycles. The van der Waals surface area contributed by atoms with Crippen LogP contribution in [0.15, 0.2) is 0 Å². The minimum atomic E-state index is -0.989. The average molecular weight is 245 g/mol. The molecule has 2 unspecified atom stereocenters. The van der Waals surface area contributed by atoms with E-state index in [1.165, 1.54) is 39.0 Å². The number of unbranched alkanes of at least 4 members (excludes halogenated alkanes) is 5. The Kier molecular flexibility index (Phi) is 12.3. The summed E-state index contributed by atoms with van der Waals surface area (Å²) >= 11 is 0. The molecule has 0 saturated heterocycles. The average Bonchev–Trinajstić information content (AvgIpc) is 2.28. The van der Waals surface area contributed by atoms with Crippen molar-refractivity contribution in [3.63, 3.8) is 0 Å². The molecule has 3 nitrogen and oxygen atoms in total. The van der Waals surface area contributed by atoms with Crippen molar-refractivity contribution in [1.82, 2.24) is 0 Å². The second-order valence-corrected chi connectivity index (χ2v) is 4.56. The molecule has 0 bridgehead atoms. The Morgan fingerprint density at radius 3 is 2.18 bits per heavy atom. The van der Waals surface area contributed by atoms with Crippen LogP contribution in [0.2, 0.25) is 0 Å². The lowest BCUT2D eigenvalue weighted by molar-refractivity contribution is -0.242. The predicted octanol–water partition coefficient (Wildman–Crippen LogP) is 4.28. The van der Waals surface area contributed by atoms with E-state index in [1.807, 2.05) is 0 Å². The first kappa shape index (κ1) is 16.9. The molecular formula is C14H29O3. The smallest absolute Gasteiger partial charge is 0.191 e. The number of hydrogen-bond acceptors (Lipinski definition) is 2. The molecule has 0 rings (SSSR count). The normalized spacial score (nSPS) is 14.8. The van der Waals surface area contributed by atoms with Gasteiger partial charge in [-0.3, -0.25) is 0 Å². The Hall–Kier alpha value is -0.120. The zero-order valence-electron chi connectivity index (χ0n) is 11.7.